The molecule has 0 aliphatic heterocycles. The second-order valence-electron chi connectivity index (χ2n) is 9.25. The van der Waals surface area contributed by atoms with Crippen LogP contribution in [0.15, 0.2) is 86.4 Å². The molecule has 5 rings (SSSR count). The number of amides is 2. The number of nitrogens with zero attached hydrogens (tertiary/aromatic N) is 4. The number of pyridine rings is 2. The summed E-state index contributed by atoms with van der Waals surface area (Å²) in [5.41, 5.74) is 2.13. The molecular formula is C29H25BrN6O4. The number of hydrogen-bond acceptors (Lipinski definition) is 6. The van der Waals surface area contributed by atoms with E-state index in [0.29, 0.717) is 28.5 Å². The van der Waals surface area contributed by atoms with Crippen LogP contribution in [0.4, 0.5) is 5.69 Å². The number of aryl methyl sites for hydroxylation is 2. The third-order valence-electron chi connectivity index (χ3n) is 6.49. The van der Waals surface area contributed by atoms with Gasteiger partial charge in [-0.2, -0.15) is 0 Å². The lowest BCUT2D eigenvalue weighted by molar-refractivity contribution is -0.120. The molecule has 3 aromatic heterocycles. The summed E-state index contributed by atoms with van der Waals surface area (Å²) < 4.78 is 2.49. The van der Waals surface area contributed by atoms with E-state index in [1.54, 1.807) is 34.9 Å². The summed E-state index contributed by atoms with van der Waals surface area (Å²) in [4.78, 5) is 47.2. The molecule has 0 spiro atoms. The third kappa shape index (κ3) is 5.41. The third-order valence-corrected chi connectivity index (χ3v) is 6.99. The zero-order chi connectivity index (χ0) is 28.4. The van der Waals surface area contributed by atoms with Gasteiger partial charge < -0.3 is 20.0 Å². The van der Waals surface area contributed by atoms with Gasteiger partial charge in [-0.1, -0.05) is 46.3 Å². The van der Waals surface area contributed by atoms with Gasteiger partial charge in [-0.15, -0.1) is 10.2 Å². The molecule has 5 aromatic rings. The van der Waals surface area contributed by atoms with Crippen molar-refractivity contribution < 1.29 is 14.7 Å². The van der Waals surface area contributed by atoms with Crippen LogP contribution in [0.2, 0.25) is 0 Å². The summed E-state index contributed by atoms with van der Waals surface area (Å²) in [6, 6.07) is 16.6. The molecule has 3 N–H and O–H groups in total. The Morgan fingerprint density at radius 1 is 1.12 bits per heavy atom. The highest BCUT2D eigenvalue weighted by Gasteiger charge is 2.25. The normalized spacial score (nSPS) is 12.3. The molecule has 1 atom stereocenters. The number of halogens is 1. The van der Waals surface area contributed by atoms with Crippen LogP contribution < -0.4 is 10.7 Å². The Kier molecular flexibility index (Phi) is 7.56. The van der Waals surface area contributed by atoms with E-state index in [1.807, 2.05) is 44.2 Å². The van der Waals surface area contributed by atoms with Crippen molar-refractivity contribution in [1.29, 1.82) is 0 Å². The fraction of sp³-hybridized carbons (Fsp3) is 0.172. The van der Waals surface area contributed by atoms with Crippen molar-refractivity contribution in [2.75, 3.05) is 0 Å². The number of hydrogen-bond donors (Lipinski definition) is 3. The fourth-order valence-electron chi connectivity index (χ4n) is 4.45. The van der Waals surface area contributed by atoms with Crippen LogP contribution >= 0.6 is 15.9 Å². The topological polar surface area (TPSA) is 142 Å². The van der Waals surface area contributed by atoms with Crippen molar-refractivity contribution in [1.82, 2.24) is 19.9 Å². The Morgan fingerprint density at radius 3 is 2.65 bits per heavy atom. The van der Waals surface area contributed by atoms with Crippen molar-refractivity contribution in [2.24, 2.45) is 10.2 Å². The number of fused-ring (bicyclic) bond motifs is 2. The standard InChI is InChI=1S/C29H25BrN6O4/c1-3-36-15-21(25(37)19-11-9-16(2)31-26(19)36)27(38)33-23(13-17-7-5-4-6-8-17)28(39)35-34-24-20-14-18(30)10-12-22(20)32-29(24)40/h4-12,14-15,23,32,40H,3,13H2,1-2H3,(H,33,38). The lowest BCUT2D eigenvalue weighted by atomic mass is 10.0. The van der Waals surface area contributed by atoms with Crippen LogP contribution in [0.1, 0.15) is 28.5 Å². The molecule has 0 radical (unpaired) electrons. The van der Waals surface area contributed by atoms with Gasteiger partial charge in [0.2, 0.25) is 11.3 Å². The minimum Gasteiger partial charge on any atom is -0.493 e. The van der Waals surface area contributed by atoms with Gasteiger partial charge in [-0.3, -0.25) is 14.4 Å². The molecule has 3 heterocycles. The maximum absolute atomic E-state index is 13.4. The number of aromatic nitrogens is 3. The molecule has 40 heavy (non-hydrogen) atoms. The second-order valence-corrected chi connectivity index (χ2v) is 10.2. The van der Waals surface area contributed by atoms with E-state index in [-0.39, 0.29) is 23.6 Å². The van der Waals surface area contributed by atoms with Gasteiger partial charge in [0.15, 0.2) is 5.69 Å². The highest BCUT2D eigenvalue weighted by atomic mass is 79.9. The first kappa shape index (κ1) is 26.9. The number of aromatic amines is 1. The monoisotopic (exact) mass is 600 g/mol. The van der Waals surface area contributed by atoms with E-state index < -0.39 is 23.3 Å². The summed E-state index contributed by atoms with van der Waals surface area (Å²) in [6.07, 6.45) is 1.58. The number of benzene rings is 2. The van der Waals surface area contributed by atoms with Gasteiger partial charge in [0.05, 0.1) is 10.9 Å². The van der Waals surface area contributed by atoms with Gasteiger partial charge in [-0.25, -0.2) is 4.98 Å². The molecular weight excluding hydrogens is 576 g/mol. The Balaban J connectivity index is 1.49. The first-order valence-electron chi connectivity index (χ1n) is 12.6. The van der Waals surface area contributed by atoms with Crippen molar-refractivity contribution >= 4 is 55.4 Å². The van der Waals surface area contributed by atoms with Crippen LogP contribution in [0, 0.1) is 6.92 Å². The van der Waals surface area contributed by atoms with E-state index in [1.165, 1.54) is 6.20 Å². The molecule has 0 bridgehead atoms. The smallest absolute Gasteiger partial charge is 0.287 e. The molecule has 0 aliphatic rings. The average molecular weight is 601 g/mol. The number of rotatable bonds is 7. The highest BCUT2D eigenvalue weighted by molar-refractivity contribution is 9.10. The number of H-pyrrole nitrogens is 1. The summed E-state index contributed by atoms with van der Waals surface area (Å²) in [5, 5.41) is 21.8. The van der Waals surface area contributed by atoms with Crippen molar-refractivity contribution in [2.45, 2.75) is 32.9 Å². The Morgan fingerprint density at radius 2 is 1.90 bits per heavy atom. The Hall–Kier alpha value is -4.64. The molecule has 1 unspecified atom stereocenters. The van der Waals surface area contributed by atoms with E-state index in [9.17, 15) is 19.5 Å². The maximum Gasteiger partial charge on any atom is 0.287 e. The van der Waals surface area contributed by atoms with E-state index in [4.69, 9.17) is 0 Å². The lowest BCUT2D eigenvalue weighted by Crippen LogP contribution is -2.43. The number of azo groups is 1. The van der Waals surface area contributed by atoms with E-state index in [0.717, 1.165) is 15.7 Å². The molecule has 11 heteroatoms. The summed E-state index contributed by atoms with van der Waals surface area (Å²) >= 11 is 3.39. The summed E-state index contributed by atoms with van der Waals surface area (Å²) in [7, 11) is 0. The largest absolute Gasteiger partial charge is 0.493 e. The maximum atomic E-state index is 13.4. The minimum atomic E-state index is -1.13. The number of carbonyl (C=O) groups is 2. The molecule has 10 nitrogen and oxygen atoms in total. The summed E-state index contributed by atoms with van der Waals surface area (Å²) in [6.45, 7) is 4.20. The number of nitrogens with one attached hydrogen (secondary N) is 2. The molecule has 0 fully saturated rings. The zero-order valence-corrected chi connectivity index (χ0v) is 23.3. The van der Waals surface area contributed by atoms with Gasteiger partial charge in [-0.05, 0) is 49.7 Å². The molecule has 0 saturated carbocycles. The van der Waals surface area contributed by atoms with Gasteiger partial charge in [0, 0.05) is 34.7 Å². The highest BCUT2D eigenvalue weighted by Crippen LogP contribution is 2.36. The molecule has 0 aliphatic carbocycles. The van der Waals surface area contributed by atoms with Gasteiger partial charge >= 0.3 is 0 Å². The predicted molar refractivity (Wildman–Crippen MR) is 155 cm³/mol. The van der Waals surface area contributed by atoms with Crippen LogP contribution in [0.25, 0.3) is 21.9 Å². The van der Waals surface area contributed by atoms with Crippen molar-refractivity contribution in [3.05, 3.63) is 98.4 Å². The minimum absolute atomic E-state index is 0.0950. The fourth-order valence-corrected chi connectivity index (χ4v) is 4.82. The quantitative estimate of drug-likeness (QED) is 0.216. The predicted octanol–water partition coefficient (Wildman–Crippen LogP) is 5.33. The average Bonchev–Trinajstić information content (AvgIpc) is 3.25. The van der Waals surface area contributed by atoms with Crippen LogP contribution in [0.5, 0.6) is 5.88 Å². The zero-order valence-electron chi connectivity index (χ0n) is 21.7. The Bertz CT molecular complexity index is 1850. The number of aromatic hydroxyl groups is 1. The first-order chi connectivity index (χ1) is 19.2. The molecule has 2 amide bonds. The SMILES string of the molecule is CCn1cc(C(=O)NC(Cc2ccccc2)C(=O)N=Nc2c(O)[nH]c3ccc(Br)cc23)c(=O)c2ccc(C)nc21. The van der Waals surface area contributed by atoms with Crippen LogP contribution in [-0.2, 0) is 17.8 Å². The molecule has 2 aromatic carbocycles. The summed E-state index contributed by atoms with van der Waals surface area (Å²) in [5.74, 6) is -1.69. The van der Waals surface area contributed by atoms with Gasteiger partial charge in [0.25, 0.3) is 11.8 Å². The van der Waals surface area contributed by atoms with Gasteiger partial charge in [0.1, 0.15) is 17.3 Å². The first-order valence-corrected chi connectivity index (χ1v) is 13.4. The Labute approximate surface area is 236 Å². The van der Waals surface area contributed by atoms with Crippen LogP contribution in [0.3, 0.4) is 0 Å². The van der Waals surface area contributed by atoms with E-state index in [2.05, 4.69) is 41.4 Å². The van der Waals surface area contributed by atoms with Crippen molar-refractivity contribution in [3.63, 3.8) is 0 Å². The second kappa shape index (κ2) is 11.2. The number of carbonyl (C=O) groups excluding carboxylic acids is 2. The molecule has 0 saturated heterocycles. The molecule has 202 valence electrons. The van der Waals surface area contributed by atoms with Crippen molar-refractivity contribution in [3.8, 4) is 5.88 Å². The lowest BCUT2D eigenvalue weighted by Gasteiger charge is -2.16. The van der Waals surface area contributed by atoms with E-state index >= 15 is 0 Å². The van der Waals surface area contributed by atoms with Crippen LogP contribution in [-0.4, -0.2) is 37.5 Å².